The Hall–Kier alpha value is -1.40. The standard InChI is InChI=1S/C14H20O5S/c1-10-6-8-12(9-7-10)20(16,17)19-11(2)13(15)18-14(3,4)5/h6-9,11H,1-5H3. The highest BCUT2D eigenvalue weighted by Crippen LogP contribution is 2.17. The molecule has 0 bridgehead atoms. The van der Waals surface area contributed by atoms with Gasteiger partial charge in [-0.15, -0.1) is 0 Å². The van der Waals surface area contributed by atoms with Crippen LogP contribution in [0.3, 0.4) is 0 Å². The average Bonchev–Trinajstić information content (AvgIpc) is 2.26. The van der Waals surface area contributed by atoms with E-state index in [9.17, 15) is 13.2 Å². The fraction of sp³-hybridized carbons (Fsp3) is 0.500. The predicted molar refractivity (Wildman–Crippen MR) is 74.8 cm³/mol. The molecule has 0 spiro atoms. The normalized spacial score (nSPS) is 13.8. The first-order chi connectivity index (χ1) is 9.01. The van der Waals surface area contributed by atoms with Gasteiger partial charge in [-0.3, -0.25) is 4.18 Å². The minimum Gasteiger partial charge on any atom is -0.458 e. The Kier molecular flexibility index (Phi) is 4.94. The number of rotatable bonds is 4. The molecular weight excluding hydrogens is 280 g/mol. The Bertz CT molecular complexity index is 567. The Balaban J connectivity index is 2.81. The van der Waals surface area contributed by atoms with E-state index in [1.54, 1.807) is 32.9 Å². The van der Waals surface area contributed by atoms with Crippen molar-refractivity contribution in [1.29, 1.82) is 0 Å². The van der Waals surface area contributed by atoms with Gasteiger partial charge in [-0.25, -0.2) is 4.79 Å². The SMILES string of the molecule is Cc1ccc(S(=O)(=O)OC(C)C(=O)OC(C)(C)C)cc1. The number of carbonyl (C=O) groups is 1. The largest absolute Gasteiger partial charge is 0.458 e. The molecule has 1 rings (SSSR count). The molecule has 1 atom stereocenters. The summed E-state index contributed by atoms with van der Waals surface area (Å²) >= 11 is 0. The summed E-state index contributed by atoms with van der Waals surface area (Å²) in [4.78, 5) is 11.7. The highest BCUT2D eigenvalue weighted by Gasteiger charge is 2.27. The van der Waals surface area contributed by atoms with Gasteiger partial charge in [0.15, 0.2) is 6.10 Å². The highest BCUT2D eigenvalue weighted by atomic mass is 32.2. The third-order valence-corrected chi connectivity index (χ3v) is 3.71. The molecule has 0 saturated heterocycles. The van der Waals surface area contributed by atoms with Crippen molar-refractivity contribution in [2.45, 2.75) is 51.2 Å². The smallest absolute Gasteiger partial charge is 0.337 e. The van der Waals surface area contributed by atoms with Gasteiger partial charge in [0, 0.05) is 0 Å². The first-order valence-electron chi connectivity index (χ1n) is 6.24. The van der Waals surface area contributed by atoms with Crippen molar-refractivity contribution in [3.8, 4) is 0 Å². The van der Waals surface area contributed by atoms with Gasteiger partial charge >= 0.3 is 5.97 Å². The van der Waals surface area contributed by atoms with Crippen molar-refractivity contribution in [1.82, 2.24) is 0 Å². The zero-order chi connectivity index (χ0) is 15.6. The monoisotopic (exact) mass is 300 g/mol. The number of ether oxygens (including phenoxy) is 1. The molecule has 0 aliphatic rings. The van der Waals surface area contributed by atoms with Crippen molar-refractivity contribution < 1.29 is 22.1 Å². The lowest BCUT2D eigenvalue weighted by atomic mass is 10.2. The van der Waals surface area contributed by atoms with E-state index in [1.165, 1.54) is 19.1 Å². The number of benzene rings is 1. The van der Waals surface area contributed by atoms with E-state index in [0.29, 0.717) is 0 Å². The van der Waals surface area contributed by atoms with E-state index in [0.717, 1.165) is 5.56 Å². The third kappa shape index (κ3) is 4.94. The summed E-state index contributed by atoms with van der Waals surface area (Å²) in [5.74, 6) is -0.715. The van der Waals surface area contributed by atoms with Crippen molar-refractivity contribution in [2.75, 3.05) is 0 Å². The van der Waals surface area contributed by atoms with Gasteiger partial charge in [-0.05, 0) is 46.8 Å². The van der Waals surface area contributed by atoms with E-state index in [-0.39, 0.29) is 4.90 Å². The van der Waals surface area contributed by atoms with Crippen LogP contribution < -0.4 is 0 Å². The second-order valence-corrected chi connectivity index (χ2v) is 7.11. The van der Waals surface area contributed by atoms with Gasteiger partial charge < -0.3 is 4.74 Å². The molecule has 0 heterocycles. The van der Waals surface area contributed by atoms with Crippen molar-refractivity contribution in [2.24, 2.45) is 0 Å². The Morgan fingerprint density at radius 1 is 1.15 bits per heavy atom. The minimum absolute atomic E-state index is 0.0125. The Morgan fingerprint density at radius 3 is 2.10 bits per heavy atom. The number of aryl methyl sites for hydroxylation is 1. The van der Waals surface area contributed by atoms with Crippen LogP contribution in [0.5, 0.6) is 0 Å². The van der Waals surface area contributed by atoms with E-state index in [1.807, 2.05) is 6.92 Å². The second kappa shape index (κ2) is 5.93. The summed E-state index contributed by atoms with van der Waals surface area (Å²) in [6, 6.07) is 6.20. The van der Waals surface area contributed by atoms with Crippen LogP contribution in [0.25, 0.3) is 0 Å². The van der Waals surface area contributed by atoms with Crippen LogP contribution in [0, 0.1) is 6.92 Å². The molecule has 20 heavy (non-hydrogen) atoms. The summed E-state index contributed by atoms with van der Waals surface area (Å²) in [6.45, 7) is 8.30. The predicted octanol–water partition coefficient (Wildman–Crippen LogP) is 2.43. The fourth-order valence-corrected chi connectivity index (χ4v) is 2.41. The first-order valence-corrected chi connectivity index (χ1v) is 7.65. The molecular formula is C14H20O5S. The number of hydrogen-bond acceptors (Lipinski definition) is 5. The molecule has 0 amide bonds. The van der Waals surface area contributed by atoms with Crippen LogP contribution in [-0.2, 0) is 23.8 Å². The molecule has 0 radical (unpaired) electrons. The molecule has 0 aromatic heterocycles. The molecule has 0 aliphatic heterocycles. The second-order valence-electron chi connectivity index (χ2n) is 5.54. The first kappa shape index (κ1) is 16.7. The molecule has 6 heteroatoms. The maximum atomic E-state index is 12.0. The number of carbonyl (C=O) groups excluding carboxylic acids is 1. The lowest BCUT2D eigenvalue weighted by Gasteiger charge is -2.22. The molecule has 1 aromatic rings. The summed E-state index contributed by atoms with van der Waals surface area (Å²) in [6.07, 6.45) is -1.19. The zero-order valence-corrected chi connectivity index (χ0v) is 13.2. The molecule has 1 unspecified atom stereocenters. The van der Waals surface area contributed by atoms with Crippen LogP contribution in [-0.4, -0.2) is 26.1 Å². The minimum atomic E-state index is -3.98. The van der Waals surface area contributed by atoms with Crippen LogP contribution >= 0.6 is 0 Å². The van der Waals surface area contributed by atoms with Gasteiger partial charge in [0.1, 0.15) is 5.60 Å². The highest BCUT2D eigenvalue weighted by molar-refractivity contribution is 7.86. The summed E-state index contributed by atoms with van der Waals surface area (Å²) in [5.41, 5.74) is 0.242. The number of esters is 1. The van der Waals surface area contributed by atoms with Crippen molar-refractivity contribution >= 4 is 16.1 Å². The van der Waals surface area contributed by atoms with Gasteiger partial charge in [0.25, 0.3) is 10.1 Å². The van der Waals surface area contributed by atoms with Gasteiger partial charge in [0.2, 0.25) is 0 Å². The maximum Gasteiger partial charge on any atom is 0.337 e. The van der Waals surface area contributed by atoms with Crippen LogP contribution in [0.1, 0.15) is 33.3 Å². The van der Waals surface area contributed by atoms with Crippen molar-refractivity contribution in [3.63, 3.8) is 0 Å². The molecule has 0 saturated carbocycles. The molecule has 1 aromatic carbocycles. The molecule has 0 aliphatic carbocycles. The summed E-state index contributed by atoms with van der Waals surface area (Å²) in [5, 5.41) is 0. The van der Waals surface area contributed by atoms with Crippen molar-refractivity contribution in [3.05, 3.63) is 29.8 Å². The Labute approximate surface area is 120 Å². The summed E-state index contributed by atoms with van der Waals surface area (Å²) in [7, 11) is -3.98. The van der Waals surface area contributed by atoms with E-state index in [2.05, 4.69) is 0 Å². The zero-order valence-electron chi connectivity index (χ0n) is 12.3. The van der Waals surface area contributed by atoms with Crippen LogP contribution in [0.4, 0.5) is 0 Å². The maximum absolute atomic E-state index is 12.0. The molecule has 5 nitrogen and oxygen atoms in total. The summed E-state index contributed by atoms with van der Waals surface area (Å²) < 4.78 is 33.9. The van der Waals surface area contributed by atoms with Crippen LogP contribution in [0.2, 0.25) is 0 Å². The van der Waals surface area contributed by atoms with E-state index < -0.39 is 27.8 Å². The molecule has 112 valence electrons. The Morgan fingerprint density at radius 2 is 1.65 bits per heavy atom. The quantitative estimate of drug-likeness (QED) is 0.631. The van der Waals surface area contributed by atoms with Gasteiger partial charge in [-0.2, -0.15) is 8.42 Å². The third-order valence-electron chi connectivity index (χ3n) is 2.32. The van der Waals surface area contributed by atoms with Gasteiger partial charge in [-0.1, -0.05) is 17.7 Å². The van der Waals surface area contributed by atoms with E-state index in [4.69, 9.17) is 8.92 Å². The lowest BCUT2D eigenvalue weighted by molar-refractivity contribution is -0.162. The fourth-order valence-electron chi connectivity index (χ4n) is 1.37. The molecule has 0 N–H and O–H groups in total. The van der Waals surface area contributed by atoms with Gasteiger partial charge in [0.05, 0.1) is 4.90 Å². The molecule has 0 fully saturated rings. The number of hydrogen-bond donors (Lipinski definition) is 0. The van der Waals surface area contributed by atoms with Crippen LogP contribution in [0.15, 0.2) is 29.2 Å². The topological polar surface area (TPSA) is 69.7 Å². The lowest BCUT2D eigenvalue weighted by Crippen LogP contribution is -2.33. The average molecular weight is 300 g/mol. The van der Waals surface area contributed by atoms with E-state index >= 15 is 0 Å².